The van der Waals surface area contributed by atoms with Gasteiger partial charge in [0.1, 0.15) is 12.2 Å². The molecule has 124 valence electrons. The fourth-order valence-corrected chi connectivity index (χ4v) is 3.50. The minimum atomic E-state index is -1.75. The molecule has 0 saturated carbocycles. The van der Waals surface area contributed by atoms with Gasteiger partial charge in [0.2, 0.25) is 0 Å². The first kappa shape index (κ1) is 17.4. The van der Waals surface area contributed by atoms with Crippen molar-refractivity contribution >= 4 is 8.32 Å². The van der Waals surface area contributed by atoms with Crippen molar-refractivity contribution in [2.24, 2.45) is 0 Å². The fourth-order valence-electron chi connectivity index (χ4n) is 2.44. The van der Waals surface area contributed by atoms with Crippen LogP contribution in [0.15, 0.2) is 0 Å². The topological polar surface area (TPSA) is 57.2 Å². The Morgan fingerprint density at radius 2 is 1.81 bits per heavy atom. The third-order valence-electron chi connectivity index (χ3n) is 4.79. The molecule has 2 heterocycles. The standard InChI is InChI=1S/C15H30O5Si/c1-14(2,3)21(6,7)17-9-8-10-11(16)12-13(18-10)20-15(4,5)19-12/h10-13,16H,8-9H2,1-7H3/t10-,11?,12-,13-/m1/s1. The van der Waals surface area contributed by atoms with E-state index in [0.29, 0.717) is 13.0 Å². The largest absolute Gasteiger partial charge is 0.417 e. The number of fused-ring (bicyclic) bond motifs is 1. The molecular formula is C15H30O5Si. The van der Waals surface area contributed by atoms with E-state index in [1.165, 1.54) is 0 Å². The Balaban J connectivity index is 1.82. The number of aliphatic hydroxyl groups is 1. The van der Waals surface area contributed by atoms with Gasteiger partial charge in [0.15, 0.2) is 20.4 Å². The Hall–Kier alpha value is 0.0169. The molecule has 0 aliphatic carbocycles. The first-order valence-electron chi connectivity index (χ1n) is 7.76. The molecule has 5 nitrogen and oxygen atoms in total. The zero-order valence-electron chi connectivity index (χ0n) is 14.3. The molecule has 0 amide bonds. The van der Waals surface area contributed by atoms with E-state index in [1.807, 2.05) is 13.8 Å². The van der Waals surface area contributed by atoms with E-state index in [1.54, 1.807) is 0 Å². The Labute approximate surface area is 129 Å². The zero-order valence-corrected chi connectivity index (χ0v) is 15.3. The van der Waals surface area contributed by atoms with Gasteiger partial charge in [-0.25, -0.2) is 0 Å². The predicted octanol–water partition coefficient (Wildman–Crippen LogP) is 2.64. The Bertz CT molecular complexity index is 377. The average molecular weight is 318 g/mol. The van der Waals surface area contributed by atoms with Gasteiger partial charge in [-0.05, 0) is 38.4 Å². The third-order valence-corrected chi connectivity index (χ3v) is 9.32. The molecule has 21 heavy (non-hydrogen) atoms. The maximum Gasteiger partial charge on any atom is 0.191 e. The molecule has 6 heteroatoms. The first-order valence-corrected chi connectivity index (χ1v) is 10.7. The van der Waals surface area contributed by atoms with E-state index < -0.39 is 32.6 Å². The van der Waals surface area contributed by atoms with Gasteiger partial charge >= 0.3 is 0 Å². The summed E-state index contributed by atoms with van der Waals surface area (Å²) in [7, 11) is -1.75. The highest BCUT2D eigenvalue weighted by Crippen LogP contribution is 2.39. The summed E-state index contributed by atoms with van der Waals surface area (Å²) in [6.45, 7) is 15.4. The molecule has 1 unspecified atom stereocenters. The Kier molecular flexibility index (Phi) is 4.62. The molecular weight excluding hydrogens is 288 g/mol. The summed E-state index contributed by atoms with van der Waals surface area (Å²) >= 11 is 0. The van der Waals surface area contributed by atoms with Gasteiger partial charge in [-0.15, -0.1) is 0 Å². The van der Waals surface area contributed by atoms with Crippen LogP contribution in [0.4, 0.5) is 0 Å². The third kappa shape index (κ3) is 3.68. The summed E-state index contributed by atoms with van der Waals surface area (Å²) in [6.07, 6.45) is -1.13. The van der Waals surface area contributed by atoms with Crippen molar-refractivity contribution in [2.75, 3.05) is 6.61 Å². The summed E-state index contributed by atoms with van der Waals surface area (Å²) < 4.78 is 23.2. The van der Waals surface area contributed by atoms with Crippen LogP contribution in [0.25, 0.3) is 0 Å². The smallest absolute Gasteiger partial charge is 0.191 e. The molecule has 4 atom stereocenters. The molecule has 0 aromatic heterocycles. The van der Waals surface area contributed by atoms with E-state index in [9.17, 15) is 5.11 Å². The first-order chi connectivity index (χ1) is 9.43. The molecule has 2 saturated heterocycles. The Morgan fingerprint density at radius 3 is 2.33 bits per heavy atom. The average Bonchev–Trinajstić information content (AvgIpc) is 2.72. The minimum absolute atomic E-state index is 0.189. The summed E-state index contributed by atoms with van der Waals surface area (Å²) in [6, 6.07) is 0. The molecule has 2 aliphatic rings. The van der Waals surface area contributed by atoms with Crippen molar-refractivity contribution in [3.63, 3.8) is 0 Å². The van der Waals surface area contributed by atoms with Crippen LogP contribution in [0.3, 0.4) is 0 Å². The van der Waals surface area contributed by atoms with Gasteiger partial charge in [-0.2, -0.15) is 0 Å². The maximum absolute atomic E-state index is 10.3. The molecule has 1 N–H and O–H groups in total. The second-order valence-electron chi connectivity index (χ2n) is 8.03. The van der Waals surface area contributed by atoms with Crippen LogP contribution in [0, 0.1) is 0 Å². The van der Waals surface area contributed by atoms with Crippen molar-refractivity contribution in [3.05, 3.63) is 0 Å². The number of hydrogen-bond acceptors (Lipinski definition) is 5. The molecule has 0 aromatic carbocycles. The van der Waals surface area contributed by atoms with Gasteiger partial charge < -0.3 is 23.7 Å². The summed E-state index contributed by atoms with van der Waals surface area (Å²) in [5, 5.41) is 10.5. The van der Waals surface area contributed by atoms with Crippen LogP contribution < -0.4 is 0 Å². The monoisotopic (exact) mass is 318 g/mol. The summed E-state index contributed by atoms with van der Waals surface area (Å²) in [4.78, 5) is 0. The molecule has 2 aliphatic heterocycles. The van der Waals surface area contributed by atoms with Crippen molar-refractivity contribution in [1.82, 2.24) is 0 Å². The van der Waals surface area contributed by atoms with E-state index in [0.717, 1.165) is 0 Å². The normalized spacial score (nSPS) is 36.0. The maximum atomic E-state index is 10.3. The molecule has 0 aromatic rings. The van der Waals surface area contributed by atoms with E-state index in [4.69, 9.17) is 18.6 Å². The van der Waals surface area contributed by atoms with Crippen molar-refractivity contribution in [3.8, 4) is 0 Å². The van der Waals surface area contributed by atoms with Crippen LogP contribution >= 0.6 is 0 Å². The van der Waals surface area contributed by atoms with Crippen LogP contribution in [0.1, 0.15) is 41.0 Å². The summed E-state index contributed by atoms with van der Waals surface area (Å²) in [5.74, 6) is -0.682. The van der Waals surface area contributed by atoms with E-state index in [2.05, 4.69) is 33.9 Å². The molecule has 2 rings (SSSR count). The van der Waals surface area contributed by atoms with Crippen molar-refractivity contribution in [2.45, 2.75) is 89.6 Å². The quantitative estimate of drug-likeness (QED) is 0.808. The highest BCUT2D eigenvalue weighted by Gasteiger charge is 2.54. The molecule has 0 bridgehead atoms. The van der Waals surface area contributed by atoms with Crippen LogP contribution in [0.5, 0.6) is 0 Å². The van der Waals surface area contributed by atoms with Gasteiger partial charge in [0.25, 0.3) is 0 Å². The lowest BCUT2D eigenvalue weighted by molar-refractivity contribution is -0.215. The van der Waals surface area contributed by atoms with Gasteiger partial charge in [0, 0.05) is 6.61 Å². The second-order valence-corrected chi connectivity index (χ2v) is 12.8. The van der Waals surface area contributed by atoms with Crippen molar-refractivity contribution in [1.29, 1.82) is 0 Å². The lowest BCUT2D eigenvalue weighted by Gasteiger charge is -2.36. The molecule has 0 spiro atoms. The minimum Gasteiger partial charge on any atom is -0.417 e. The Morgan fingerprint density at radius 1 is 1.19 bits per heavy atom. The van der Waals surface area contributed by atoms with E-state index >= 15 is 0 Å². The number of ether oxygens (including phenoxy) is 3. The lowest BCUT2D eigenvalue weighted by Crippen LogP contribution is -2.42. The van der Waals surface area contributed by atoms with Crippen LogP contribution in [-0.4, -0.2) is 50.4 Å². The summed E-state index contributed by atoms with van der Waals surface area (Å²) in [5.41, 5.74) is 0. The second kappa shape index (κ2) is 5.58. The fraction of sp³-hybridized carbons (Fsp3) is 1.00. The molecule has 2 fully saturated rings. The SMILES string of the molecule is CC1(C)O[C@H]2O[C@H](CCO[Si](C)(C)C(C)(C)C)C(O)[C@H]2O1. The molecule has 0 radical (unpaired) electrons. The predicted molar refractivity (Wildman–Crippen MR) is 82.5 cm³/mol. The van der Waals surface area contributed by atoms with Gasteiger partial charge in [-0.1, -0.05) is 20.8 Å². The van der Waals surface area contributed by atoms with Crippen LogP contribution in [-0.2, 0) is 18.6 Å². The van der Waals surface area contributed by atoms with E-state index in [-0.39, 0.29) is 11.1 Å². The lowest BCUT2D eigenvalue weighted by atomic mass is 10.1. The van der Waals surface area contributed by atoms with Gasteiger partial charge in [-0.3, -0.25) is 0 Å². The highest BCUT2D eigenvalue weighted by atomic mass is 28.4. The number of rotatable bonds is 4. The van der Waals surface area contributed by atoms with Gasteiger partial charge in [0.05, 0.1) is 6.10 Å². The number of hydrogen-bond donors (Lipinski definition) is 1. The number of aliphatic hydroxyl groups excluding tert-OH is 1. The highest BCUT2D eigenvalue weighted by molar-refractivity contribution is 6.74. The zero-order chi connectivity index (χ0) is 16.1. The van der Waals surface area contributed by atoms with Crippen molar-refractivity contribution < 1.29 is 23.7 Å². The van der Waals surface area contributed by atoms with Crippen LogP contribution in [0.2, 0.25) is 18.1 Å².